The zero-order valence-corrected chi connectivity index (χ0v) is 49.6. The molecule has 0 aliphatic carbocycles. The highest BCUT2D eigenvalue weighted by Crippen LogP contribution is 2.47. The van der Waals surface area contributed by atoms with Crippen molar-refractivity contribution in [1.82, 2.24) is 0 Å². The smallest absolute Gasteiger partial charge is 0.338 e. The third kappa shape index (κ3) is 16.3. The van der Waals surface area contributed by atoms with E-state index in [2.05, 4.69) is 145 Å². The Morgan fingerprint density at radius 2 is 1.34 bits per heavy atom. The van der Waals surface area contributed by atoms with Crippen molar-refractivity contribution in [1.29, 1.82) is 0 Å². The highest BCUT2D eigenvalue weighted by molar-refractivity contribution is 9.11. The molecule has 1 aromatic rings. The Hall–Kier alpha value is -1.05. The summed E-state index contributed by atoms with van der Waals surface area (Å²) in [5, 5.41) is -0.315. The summed E-state index contributed by atoms with van der Waals surface area (Å²) in [6.07, 6.45) is 3.69. The number of ether oxygens (including phenoxy) is 3. The number of hydrogen-bond donors (Lipinski definition) is 0. The van der Waals surface area contributed by atoms with Crippen molar-refractivity contribution in [3.63, 3.8) is 0 Å². The van der Waals surface area contributed by atoms with E-state index in [9.17, 15) is 9.59 Å². The summed E-state index contributed by atoms with van der Waals surface area (Å²) < 4.78 is 50.6. The first-order valence-electron chi connectivity index (χ1n) is 24.6. The SMILES string of the molecule is C=C(Br)C[C@@H](CCC(=O)/C=C/C(O[Si](C)(C)C(C)(C)C)[C@@H]1OC2CC[C@H](CCO[Si](CC)(CC)CC)O[C@@H]2C(O[Si](C)(C)C(C)(C)C)C1O[Si](C)(C)C(C)(C)C)OC(=O)c1ccccc1. The van der Waals surface area contributed by atoms with E-state index in [0.717, 1.165) is 37.4 Å². The summed E-state index contributed by atoms with van der Waals surface area (Å²) in [5.74, 6) is -0.517. The number of carbonyl (C=O) groups excluding carboxylic acids is 2. The van der Waals surface area contributed by atoms with Crippen LogP contribution in [0.1, 0.15) is 132 Å². The molecule has 2 fully saturated rings. The Balaban J connectivity index is 2.12. The van der Waals surface area contributed by atoms with E-state index < -0.39 is 69.8 Å². The van der Waals surface area contributed by atoms with Crippen LogP contribution in [0.25, 0.3) is 0 Å². The molecule has 0 N–H and O–H groups in total. The minimum atomic E-state index is -2.49. The topological polar surface area (TPSA) is 98.8 Å². The van der Waals surface area contributed by atoms with Gasteiger partial charge in [-0.2, -0.15) is 0 Å². The third-order valence-electron chi connectivity index (χ3n) is 15.5. The number of rotatable bonds is 23. The minimum Gasteiger partial charge on any atom is -0.458 e. The molecule has 14 heteroatoms. The first-order chi connectivity index (χ1) is 29.8. The molecule has 0 bridgehead atoms. The summed E-state index contributed by atoms with van der Waals surface area (Å²) in [5.41, 5.74) is 0.464. The monoisotopic (exact) mass is 1040 g/mol. The van der Waals surface area contributed by atoms with Gasteiger partial charge in [0.05, 0.1) is 23.9 Å². The zero-order valence-electron chi connectivity index (χ0n) is 44.0. The Morgan fingerprint density at radius 1 is 0.800 bits per heavy atom. The van der Waals surface area contributed by atoms with Gasteiger partial charge in [-0.05, 0) is 121 Å². The van der Waals surface area contributed by atoms with Gasteiger partial charge in [0.15, 0.2) is 39.1 Å². The van der Waals surface area contributed by atoms with Crippen molar-refractivity contribution in [3.05, 3.63) is 59.1 Å². The van der Waals surface area contributed by atoms with Gasteiger partial charge in [0.25, 0.3) is 0 Å². The van der Waals surface area contributed by atoms with Gasteiger partial charge in [-0.25, -0.2) is 4.79 Å². The highest BCUT2D eigenvalue weighted by Gasteiger charge is 2.58. The van der Waals surface area contributed by atoms with Crippen molar-refractivity contribution >= 4 is 61.0 Å². The Morgan fingerprint density at radius 3 is 1.85 bits per heavy atom. The van der Waals surface area contributed by atoms with Crippen molar-refractivity contribution in [2.75, 3.05) is 6.61 Å². The first kappa shape index (κ1) is 58.3. The lowest BCUT2D eigenvalue weighted by atomic mass is 9.87. The molecule has 8 atom stereocenters. The van der Waals surface area contributed by atoms with Crippen LogP contribution in [0.15, 0.2) is 53.5 Å². The van der Waals surface area contributed by atoms with E-state index in [1.165, 1.54) is 0 Å². The van der Waals surface area contributed by atoms with E-state index in [4.69, 9.17) is 31.9 Å². The van der Waals surface area contributed by atoms with Crippen LogP contribution in [-0.4, -0.2) is 100 Å². The minimum absolute atomic E-state index is 0.0157. The van der Waals surface area contributed by atoms with Gasteiger partial charge in [-0.1, -0.05) is 130 Å². The van der Waals surface area contributed by atoms with Gasteiger partial charge < -0.3 is 31.9 Å². The fourth-order valence-electron chi connectivity index (χ4n) is 7.79. The number of fused-ring (bicyclic) bond motifs is 1. The van der Waals surface area contributed by atoms with Crippen LogP contribution in [0.2, 0.25) is 72.5 Å². The van der Waals surface area contributed by atoms with Gasteiger partial charge in [0.1, 0.15) is 30.5 Å². The maximum atomic E-state index is 14.0. The average Bonchev–Trinajstić information content (AvgIpc) is 3.19. The number of hydrogen-bond acceptors (Lipinski definition) is 9. The van der Waals surface area contributed by atoms with Gasteiger partial charge in [-0.15, -0.1) is 0 Å². The summed E-state index contributed by atoms with van der Waals surface area (Å²) in [6, 6.07) is 12.3. The number of ketones is 1. The molecule has 0 spiro atoms. The number of esters is 1. The predicted octanol–water partition coefficient (Wildman–Crippen LogP) is 14.3. The van der Waals surface area contributed by atoms with Gasteiger partial charge >= 0.3 is 5.97 Å². The van der Waals surface area contributed by atoms with Crippen LogP contribution in [0, 0.1) is 0 Å². The maximum Gasteiger partial charge on any atom is 0.338 e. The van der Waals surface area contributed by atoms with Gasteiger partial charge in [0.2, 0.25) is 0 Å². The molecule has 1 aromatic carbocycles. The second-order valence-electron chi connectivity index (χ2n) is 23.3. The summed E-state index contributed by atoms with van der Waals surface area (Å²) in [6.45, 7) is 45.6. The molecule has 3 rings (SSSR count). The molecular formula is C51H91BrO9Si4. The van der Waals surface area contributed by atoms with Crippen LogP contribution in [0.5, 0.6) is 0 Å². The Kier molecular flexibility index (Phi) is 21.2. The van der Waals surface area contributed by atoms with Gasteiger partial charge in [-0.3, -0.25) is 4.79 Å². The molecule has 372 valence electrons. The van der Waals surface area contributed by atoms with Crippen molar-refractivity contribution in [2.45, 2.75) is 243 Å². The summed E-state index contributed by atoms with van der Waals surface area (Å²) in [7, 11) is -9.15. The second-order valence-corrected chi connectivity index (χ2v) is 43.5. The molecule has 9 nitrogen and oxygen atoms in total. The number of carbonyl (C=O) groups is 2. The molecule has 2 saturated heterocycles. The van der Waals surface area contributed by atoms with Crippen molar-refractivity contribution in [3.8, 4) is 0 Å². The largest absolute Gasteiger partial charge is 0.458 e. The zero-order chi connectivity index (χ0) is 49.4. The molecule has 0 amide bonds. The highest BCUT2D eigenvalue weighted by atomic mass is 79.9. The molecular weight excluding hydrogens is 949 g/mol. The quantitative estimate of drug-likeness (QED) is 0.0603. The van der Waals surface area contributed by atoms with E-state index in [1.807, 2.05) is 12.1 Å². The molecule has 65 heavy (non-hydrogen) atoms. The molecule has 0 saturated carbocycles. The number of halogens is 1. The molecule has 2 aliphatic heterocycles. The van der Waals surface area contributed by atoms with Crippen LogP contribution in [0.3, 0.4) is 0 Å². The van der Waals surface area contributed by atoms with E-state index in [0.29, 0.717) is 29.5 Å². The van der Waals surface area contributed by atoms with E-state index >= 15 is 0 Å². The van der Waals surface area contributed by atoms with E-state index in [-0.39, 0.29) is 45.6 Å². The molecule has 4 unspecified atom stereocenters. The van der Waals surface area contributed by atoms with Crippen LogP contribution in [-0.2, 0) is 36.7 Å². The molecule has 0 radical (unpaired) electrons. The predicted molar refractivity (Wildman–Crippen MR) is 282 cm³/mol. The lowest BCUT2D eigenvalue weighted by Crippen LogP contribution is -2.69. The fraction of sp³-hybridized carbons (Fsp3) is 0.765. The van der Waals surface area contributed by atoms with Crippen LogP contribution < -0.4 is 0 Å². The van der Waals surface area contributed by atoms with Crippen molar-refractivity contribution in [2.24, 2.45) is 0 Å². The second kappa shape index (κ2) is 23.7. The standard InChI is InChI=1S/C51H91BrO9Si4/c1-20-65(21-2,22-3)55-35-34-40-31-33-42-44(56-40)46(60-63(16,17)50(8,9)10)47(61-64(18,19)51(11,12)13)45(58-42)43(59-62(14,15)49(5,6)7)32-29-39(53)28-30-41(36-37(4)52)57-48(54)38-26-24-23-25-27-38/h23-27,29,32,40-47H,4,20-22,28,30-31,33-36H2,1-3,5-19H3/b32-29+/t40-,41-,42?,43?,44+,45+,46?,47?/m1/s1. The molecule has 0 aromatic heterocycles. The number of allylic oxidation sites excluding steroid dienone is 1. The summed E-state index contributed by atoms with van der Waals surface area (Å²) >= 11 is 3.45. The Labute approximate surface area is 408 Å². The lowest BCUT2D eigenvalue weighted by Gasteiger charge is -2.56. The normalized spacial score (nSPS) is 23.8. The van der Waals surface area contributed by atoms with E-state index in [1.54, 1.807) is 30.3 Å². The first-order valence-corrected chi connectivity index (χ1v) is 36.7. The lowest BCUT2D eigenvalue weighted by molar-refractivity contribution is -0.267. The van der Waals surface area contributed by atoms with Crippen LogP contribution in [0.4, 0.5) is 0 Å². The number of benzene rings is 1. The van der Waals surface area contributed by atoms with Gasteiger partial charge in [0, 0.05) is 19.4 Å². The molecule has 2 aliphatic rings. The fourth-order valence-corrected chi connectivity index (χ4v) is 14.7. The van der Waals surface area contributed by atoms with Crippen LogP contribution >= 0.6 is 15.9 Å². The third-order valence-corrected chi connectivity index (χ3v) is 34.0. The molecule has 2 heterocycles. The van der Waals surface area contributed by atoms with Crippen molar-refractivity contribution < 1.29 is 41.5 Å². The summed E-state index contributed by atoms with van der Waals surface area (Å²) in [4.78, 5) is 27.1. The maximum absolute atomic E-state index is 14.0. The average molecular weight is 1040 g/mol. The Bertz CT molecular complexity index is 1700.